The summed E-state index contributed by atoms with van der Waals surface area (Å²) in [5, 5.41) is 0. The Morgan fingerprint density at radius 3 is 2.62 bits per heavy atom. The normalized spacial score (nSPS) is 12.5. The predicted molar refractivity (Wildman–Crippen MR) is 55.3 cm³/mol. The molecule has 0 unspecified atom stereocenters. The number of rotatable bonds is 3. The van der Waals surface area contributed by atoms with Gasteiger partial charge in [0.25, 0.3) is 0 Å². The number of hydrogen-bond acceptors (Lipinski definition) is 2. The maximum Gasteiger partial charge on any atom is 0.127 e. The van der Waals surface area contributed by atoms with Crippen molar-refractivity contribution in [3.05, 3.63) is 29.2 Å². The van der Waals surface area contributed by atoms with Crippen molar-refractivity contribution in [2.24, 2.45) is 11.7 Å². The number of hydrogen-bond donors (Lipinski definition) is 1. The zero-order valence-corrected chi connectivity index (χ0v) is 8.50. The maximum atomic E-state index is 5.62. The van der Waals surface area contributed by atoms with Gasteiger partial charge >= 0.3 is 0 Å². The zero-order chi connectivity index (χ0) is 9.84. The molecule has 0 aromatic carbocycles. The molecule has 1 heterocycles. The molecule has 2 heteroatoms. The van der Waals surface area contributed by atoms with Crippen LogP contribution in [0.2, 0.25) is 0 Å². The fourth-order valence-corrected chi connectivity index (χ4v) is 1.18. The van der Waals surface area contributed by atoms with Gasteiger partial charge in [-0.15, -0.1) is 0 Å². The third-order valence-corrected chi connectivity index (χ3v) is 2.07. The molecule has 0 bridgehead atoms. The minimum atomic E-state index is 0.482. The van der Waals surface area contributed by atoms with Crippen molar-refractivity contribution in [3.8, 4) is 0 Å². The highest BCUT2D eigenvalue weighted by molar-refractivity contribution is 5.48. The van der Waals surface area contributed by atoms with Crippen molar-refractivity contribution >= 4 is 6.08 Å². The molecule has 13 heavy (non-hydrogen) atoms. The Kier molecular flexibility index (Phi) is 3.32. The van der Waals surface area contributed by atoms with Crippen LogP contribution in [0.3, 0.4) is 0 Å². The average Bonchev–Trinajstić information content (AvgIpc) is 2.46. The molecule has 0 fully saturated rings. The van der Waals surface area contributed by atoms with Crippen LogP contribution in [0.25, 0.3) is 6.08 Å². The Morgan fingerprint density at radius 1 is 1.54 bits per heavy atom. The van der Waals surface area contributed by atoms with E-state index in [4.69, 9.17) is 10.2 Å². The Hall–Kier alpha value is -1.02. The summed E-state index contributed by atoms with van der Waals surface area (Å²) in [6.07, 6.45) is 2.03. The van der Waals surface area contributed by atoms with Crippen LogP contribution in [0.15, 0.2) is 22.1 Å². The standard InChI is InChI=1S/C11H17NO/c1-8(2)10(7-12)6-11-5-4-9(3)13-11/h4-6,8H,7,12H2,1-3H3. The van der Waals surface area contributed by atoms with Gasteiger partial charge in [-0.1, -0.05) is 19.4 Å². The van der Waals surface area contributed by atoms with Crippen LogP contribution in [-0.2, 0) is 0 Å². The van der Waals surface area contributed by atoms with E-state index in [9.17, 15) is 0 Å². The molecule has 0 aliphatic carbocycles. The minimum absolute atomic E-state index is 0.482. The smallest absolute Gasteiger partial charge is 0.127 e. The number of furan rings is 1. The van der Waals surface area contributed by atoms with Gasteiger partial charge in [0, 0.05) is 6.54 Å². The highest BCUT2D eigenvalue weighted by atomic mass is 16.3. The van der Waals surface area contributed by atoms with Gasteiger partial charge in [0.05, 0.1) is 0 Å². The SMILES string of the molecule is Cc1ccc(C=C(CN)C(C)C)o1. The van der Waals surface area contributed by atoms with Crippen molar-refractivity contribution in [3.63, 3.8) is 0 Å². The number of nitrogens with two attached hydrogens (primary N) is 1. The summed E-state index contributed by atoms with van der Waals surface area (Å²) >= 11 is 0. The third kappa shape index (κ3) is 2.74. The van der Waals surface area contributed by atoms with Gasteiger partial charge in [0.2, 0.25) is 0 Å². The first-order valence-electron chi connectivity index (χ1n) is 4.60. The lowest BCUT2D eigenvalue weighted by atomic mass is 10.0. The van der Waals surface area contributed by atoms with E-state index in [2.05, 4.69) is 13.8 Å². The van der Waals surface area contributed by atoms with Crippen LogP contribution in [-0.4, -0.2) is 6.54 Å². The second kappa shape index (κ2) is 4.28. The topological polar surface area (TPSA) is 39.2 Å². The molecule has 0 saturated heterocycles. The van der Waals surface area contributed by atoms with Gasteiger partial charge < -0.3 is 10.2 Å². The summed E-state index contributed by atoms with van der Waals surface area (Å²) in [6, 6.07) is 3.92. The molecule has 0 spiro atoms. The molecule has 0 saturated carbocycles. The lowest BCUT2D eigenvalue weighted by Crippen LogP contribution is -2.07. The molecule has 0 aliphatic rings. The first kappa shape index (κ1) is 10.1. The van der Waals surface area contributed by atoms with Gasteiger partial charge in [-0.2, -0.15) is 0 Å². The molecule has 2 nitrogen and oxygen atoms in total. The molecular formula is C11H17NO. The number of aryl methyl sites for hydroxylation is 1. The molecular weight excluding hydrogens is 162 g/mol. The van der Waals surface area contributed by atoms with E-state index in [1.807, 2.05) is 25.1 Å². The third-order valence-electron chi connectivity index (χ3n) is 2.07. The van der Waals surface area contributed by atoms with E-state index in [0.717, 1.165) is 11.5 Å². The average molecular weight is 179 g/mol. The van der Waals surface area contributed by atoms with Gasteiger partial charge in [-0.05, 0) is 31.1 Å². The summed E-state index contributed by atoms with van der Waals surface area (Å²) in [6.45, 7) is 6.80. The summed E-state index contributed by atoms with van der Waals surface area (Å²) in [5.74, 6) is 2.31. The zero-order valence-electron chi connectivity index (χ0n) is 8.50. The molecule has 2 N–H and O–H groups in total. The van der Waals surface area contributed by atoms with E-state index in [1.165, 1.54) is 5.57 Å². The van der Waals surface area contributed by atoms with E-state index in [0.29, 0.717) is 12.5 Å². The molecule has 0 radical (unpaired) electrons. The first-order chi connectivity index (χ1) is 6.13. The second-order valence-electron chi connectivity index (χ2n) is 3.53. The lowest BCUT2D eigenvalue weighted by molar-refractivity contribution is 0.523. The Bertz CT molecular complexity index is 297. The molecule has 1 aromatic heterocycles. The van der Waals surface area contributed by atoms with E-state index < -0.39 is 0 Å². The van der Waals surface area contributed by atoms with Gasteiger partial charge in [-0.3, -0.25) is 0 Å². The van der Waals surface area contributed by atoms with Crippen molar-refractivity contribution < 1.29 is 4.42 Å². The van der Waals surface area contributed by atoms with E-state index >= 15 is 0 Å². The predicted octanol–water partition coefficient (Wildman–Crippen LogP) is 2.59. The molecule has 1 aromatic rings. The van der Waals surface area contributed by atoms with Crippen molar-refractivity contribution in [1.29, 1.82) is 0 Å². The minimum Gasteiger partial charge on any atom is -0.462 e. The molecule has 0 atom stereocenters. The van der Waals surface area contributed by atoms with Gasteiger partial charge in [0.1, 0.15) is 11.5 Å². The van der Waals surface area contributed by atoms with E-state index in [-0.39, 0.29) is 0 Å². The summed E-state index contributed by atoms with van der Waals surface area (Å²) in [4.78, 5) is 0. The van der Waals surface area contributed by atoms with Crippen LogP contribution in [0, 0.1) is 12.8 Å². The summed E-state index contributed by atoms with van der Waals surface area (Å²) in [5.41, 5.74) is 6.84. The van der Waals surface area contributed by atoms with Crippen LogP contribution in [0.5, 0.6) is 0 Å². The molecule has 72 valence electrons. The van der Waals surface area contributed by atoms with Crippen molar-refractivity contribution in [2.45, 2.75) is 20.8 Å². The summed E-state index contributed by atoms with van der Waals surface area (Å²) in [7, 11) is 0. The first-order valence-corrected chi connectivity index (χ1v) is 4.60. The fraction of sp³-hybridized carbons (Fsp3) is 0.455. The van der Waals surface area contributed by atoms with Crippen LogP contribution >= 0.6 is 0 Å². The van der Waals surface area contributed by atoms with Crippen molar-refractivity contribution in [2.75, 3.05) is 6.54 Å². The Morgan fingerprint density at radius 2 is 2.23 bits per heavy atom. The lowest BCUT2D eigenvalue weighted by Gasteiger charge is -2.06. The highest BCUT2D eigenvalue weighted by Gasteiger charge is 2.02. The van der Waals surface area contributed by atoms with Gasteiger partial charge in [0.15, 0.2) is 0 Å². The highest BCUT2D eigenvalue weighted by Crippen LogP contribution is 2.15. The Labute approximate surface area is 79.4 Å². The summed E-state index contributed by atoms with van der Waals surface area (Å²) < 4.78 is 5.43. The monoisotopic (exact) mass is 179 g/mol. The van der Waals surface area contributed by atoms with Crippen LogP contribution < -0.4 is 5.73 Å². The second-order valence-corrected chi connectivity index (χ2v) is 3.53. The van der Waals surface area contributed by atoms with Crippen molar-refractivity contribution in [1.82, 2.24) is 0 Å². The quantitative estimate of drug-likeness (QED) is 0.774. The van der Waals surface area contributed by atoms with E-state index in [1.54, 1.807) is 0 Å². The molecule has 0 amide bonds. The maximum absolute atomic E-state index is 5.62. The fourth-order valence-electron chi connectivity index (χ4n) is 1.18. The molecule has 0 aliphatic heterocycles. The largest absolute Gasteiger partial charge is 0.462 e. The van der Waals surface area contributed by atoms with Crippen LogP contribution in [0.4, 0.5) is 0 Å². The molecule has 1 rings (SSSR count). The van der Waals surface area contributed by atoms with Gasteiger partial charge in [-0.25, -0.2) is 0 Å². The van der Waals surface area contributed by atoms with Crippen LogP contribution in [0.1, 0.15) is 25.4 Å². The Balaban J connectivity index is 2.84.